The van der Waals surface area contributed by atoms with Gasteiger partial charge in [0.05, 0.1) is 11.5 Å². The van der Waals surface area contributed by atoms with Crippen molar-refractivity contribution in [2.24, 2.45) is 5.92 Å². The Labute approximate surface area is 76.6 Å². The Hall–Kier alpha value is -0.810. The van der Waals surface area contributed by atoms with Crippen molar-refractivity contribution >= 4 is 11.3 Å². The van der Waals surface area contributed by atoms with Crippen molar-refractivity contribution in [2.45, 2.75) is 25.7 Å². The predicted octanol–water partition coefficient (Wildman–Crippen LogP) is 2.86. The molecule has 0 radical (unpaired) electrons. The van der Waals surface area contributed by atoms with Crippen LogP contribution in [0, 0.1) is 24.2 Å². The molecule has 1 heterocycles. The molecule has 2 atom stereocenters. The van der Waals surface area contributed by atoms with Crippen molar-refractivity contribution < 1.29 is 0 Å². The summed E-state index contributed by atoms with van der Waals surface area (Å²) in [6.45, 7) is 4.25. The van der Waals surface area contributed by atoms with Crippen molar-refractivity contribution in [1.82, 2.24) is 0 Å². The van der Waals surface area contributed by atoms with Gasteiger partial charge in [-0.15, -0.1) is 11.3 Å². The summed E-state index contributed by atoms with van der Waals surface area (Å²) >= 11 is 1.72. The van der Waals surface area contributed by atoms with Gasteiger partial charge in [0.1, 0.15) is 0 Å². The molecule has 0 bridgehead atoms. The van der Waals surface area contributed by atoms with E-state index >= 15 is 0 Å². The van der Waals surface area contributed by atoms with E-state index in [2.05, 4.69) is 31.4 Å². The van der Waals surface area contributed by atoms with Crippen LogP contribution in [0.1, 0.15) is 23.8 Å². The molecule has 0 aromatic carbocycles. The number of hydrogen-bond acceptors (Lipinski definition) is 2. The fourth-order valence-electron chi connectivity index (χ4n) is 1.78. The zero-order valence-electron chi connectivity index (χ0n) is 7.29. The molecule has 1 aliphatic carbocycles. The zero-order valence-corrected chi connectivity index (χ0v) is 8.11. The van der Waals surface area contributed by atoms with Crippen LogP contribution in [0.3, 0.4) is 0 Å². The zero-order chi connectivity index (χ0) is 8.77. The summed E-state index contributed by atoms with van der Waals surface area (Å²) in [5.41, 5.74) is 1.17. The van der Waals surface area contributed by atoms with Crippen LogP contribution in [-0.4, -0.2) is 0 Å². The van der Waals surface area contributed by atoms with Gasteiger partial charge >= 0.3 is 0 Å². The molecule has 62 valence electrons. The van der Waals surface area contributed by atoms with Crippen molar-refractivity contribution in [3.63, 3.8) is 0 Å². The lowest BCUT2D eigenvalue weighted by atomic mass is 10.0. The van der Waals surface area contributed by atoms with Crippen molar-refractivity contribution in [3.05, 3.63) is 21.9 Å². The van der Waals surface area contributed by atoms with Crippen LogP contribution >= 0.6 is 11.3 Å². The minimum absolute atomic E-state index is 0.113. The molecule has 12 heavy (non-hydrogen) atoms. The molecular weight excluding hydrogens is 166 g/mol. The van der Waals surface area contributed by atoms with Gasteiger partial charge in [-0.2, -0.15) is 5.26 Å². The number of nitriles is 1. The van der Waals surface area contributed by atoms with Crippen LogP contribution in [0.15, 0.2) is 11.4 Å². The normalized spacial score (nSPS) is 32.9. The summed E-state index contributed by atoms with van der Waals surface area (Å²) in [4.78, 5) is 1.29. The first-order chi connectivity index (χ1) is 5.70. The number of nitrogens with zero attached hydrogens (tertiary/aromatic N) is 1. The van der Waals surface area contributed by atoms with E-state index in [1.165, 1.54) is 10.4 Å². The topological polar surface area (TPSA) is 23.8 Å². The highest BCUT2D eigenvalue weighted by molar-refractivity contribution is 7.10. The van der Waals surface area contributed by atoms with E-state index in [0.29, 0.717) is 5.92 Å². The highest BCUT2D eigenvalue weighted by Gasteiger charge is 2.54. The minimum Gasteiger partial charge on any atom is -0.197 e. The van der Waals surface area contributed by atoms with Gasteiger partial charge in [0, 0.05) is 4.88 Å². The summed E-state index contributed by atoms with van der Waals surface area (Å²) in [6.07, 6.45) is 1.05. The average Bonchev–Trinajstić information content (AvgIpc) is 2.50. The van der Waals surface area contributed by atoms with Crippen LogP contribution < -0.4 is 0 Å². The molecule has 0 amide bonds. The SMILES string of the molecule is Cc1ccsc1C1(C#N)CC1C. The molecule has 0 saturated heterocycles. The summed E-state index contributed by atoms with van der Waals surface area (Å²) in [5, 5.41) is 11.2. The van der Waals surface area contributed by atoms with Gasteiger partial charge in [-0.1, -0.05) is 6.92 Å². The van der Waals surface area contributed by atoms with Crippen LogP contribution in [0.5, 0.6) is 0 Å². The Morgan fingerprint density at radius 3 is 2.75 bits per heavy atom. The maximum Gasteiger partial charge on any atom is 0.0946 e. The molecule has 1 nitrogen and oxygen atoms in total. The van der Waals surface area contributed by atoms with Crippen molar-refractivity contribution in [1.29, 1.82) is 5.26 Å². The Balaban J connectivity index is 2.45. The Morgan fingerprint density at radius 1 is 1.75 bits per heavy atom. The van der Waals surface area contributed by atoms with E-state index in [1.54, 1.807) is 11.3 Å². The van der Waals surface area contributed by atoms with Crippen molar-refractivity contribution in [2.75, 3.05) is 0 Å². The highest BCUT2D eigenvalue weighted by atomic mass is 32.1. The maximum atomic E-state index is 9.08. The monoisotopic (exact) mass is 177 g/mol. The van der Waals surface area contributed by atoms with Crippen LogP contribution in [0.4, 0.5) is 0 Å². The van der Waals surface area contributed by atoms with Crippen LogP contribution in [0.2, 0.25) is 0 Å². The van der Waals surface area contributed by atoms with Gasteiger partial charge in [-0.25, -0.2) is 0 Å². The van der Waals surface area contributed by atoms with E-state index in [9.17, 15) is 0 Å². The highest BCUT2D eigenvalue weighted by Crippen LogP contribution is 2.55. The van der Waals surface area contributed by atoms with E-state index < -0.39 is 0 Å². The second-order valence-electron chi connectivity index (χ2n) is 3.62. The number of rotatable bonds is 1. The Morgan fingerprint density at radius 2 is 2.42 bits per heavy atom. The summed E-state index contributed by atoms with van der Waals surface area (Å²) in [7, 11) is 0. The van der Waals surface area contributed by atoms with Gasteiger partial charge in [-0.3, -0.25) is 0 Å². The Kier molecular flexibility index (Phi) is 1.52. The quantitative estimate of drug-likeness (QED) is 0.647. The molecule has 1 fully saturated rings. The van der Waals surface area contributed by atoms with E-state index in [0.717, 1.165) is 6.42 Å². The molecule has 0 aliphatic heterocycles. The first kappa shape index (κ1) is 7.82. The predicted molar refractivity (Wildman–Crippen MR) is 50.1 cm³/mol. The van der Waals surface area contributed by atoms with Gasteiger partial charge in [0.15, 0.2) is 0 Å². The molecule has 2 rings (SSSR count). The smallest absolute Gasteiger partial charge is 0.0946 e. The molecule has 0 N–H and O–H groups in total. The lowest BCUT2D eigenvalue weighted by Crippen LogP contribution is -2.04. The molecule has 2 unspecified atom stereocenters. The fourth-order valence-corrected chi connectivity index (χ4v) is 2.98. The second kappa shape index (κ2) is 2.34. The first-order valence-corrected chi connectivity index (χ1v) is 5.04. The summed E-state index contributed by atoms with van der Waals surface area (Å²) in [6, 6.07) is 4.56. The van der Waals surface area contributed by atoms with Crippen molar-refractivity contribution in [3.8, 4) is 6.07 Å². The van der Waals surface area contributed by atoms with Crippen LogP contribution in [0.25, 0.3) is 0 Å². The van der Waals surface area contributed by atoms with E-state index in [-0.39, 0.29) is 5.41 Å². The second-order valence-corrected chi connectivity index (χ2v) is 4.54. The summed E-state index contributed by atoms with van der Waals surface area (Å²) < 4.78 is 0. The van der Waals surface area contributed by atoms with Crippen LogP contribution in [-0.2, 0) is 5.41 Å². The third-order valence-electron chi connectivity index (χ3n) is 2.78. The van der Waals surface area contributed by atoms with Gasteiger partial charge < -0.3 is 0 Å². The van der Waals surface area contributed by atoms with E-state index in [1.807, 2.05) is 0 Å². The van der Waals surface area contributed by atoms with Gasteiger partial charge in [0.25, 0.3) is 0 Å². The first-order valence-electron chi connectivity index (χ1n) is 4.16. The molecule has 2 heteroatoms. The molecule has 0 spiro atoms. The summed E-state index contributed by atoms with van der Waals surface area (Å²) in [5.74, 6) is 0.555. The molecule has 1 aliphatic rings. The molecule has 1 aromatic heterocycles. The molecule has 1 saturated carbocycles. The standard InChI is InChI=1S/C10H11NS/c1-7-3-4-12-9(7)10(6-11)5-8(10)2/h3-4,8H,5H2,1-2H3. The number of hydrogen-bond donors (Lipinski definition) is 0. The largest absolute Gasteiger partial charge is 0.197 e. The number of thiophene rings is 1. The fraction of sp³-hybridized carbons (Fsp3) is 0.500. The number of aryl methyl sites for hydroxylation is 1. The lowest BCUT2D eigenvalue weighted by Gasteiger charge is -2.04. The molecular formula is C10H11NS. The maximum absolute atomic E-state index is 9.08. The van der Waals surface area contributed by atoms with Gasteiger partial charge in [-0.05, 0) is 36.3 Å². The molecule has 1 aromatic rings. The third-order valence-corrected chi connectivity index (χ3v) is 3.97. The minimum atomic E-state index is -0.113. The van der Waals surface area contributed by atoms with E-state index in [4.69, 9.17) is 5.26 Å². The third kappa shape index (κ3) is 0.834. The average molecular weight is 177 g/mol. The van der Waals surface area contributed by atoms with Gasteiger partial charge in [0.2, 0.25) is 0 Å². The lowest BCUT2D eigenvalue weighted by molar-refractivity contribution is 0.802. The Bertz CT molecular complexity index is 347.